The highest BCUT2D eigenvalue weighted by Gasteiger charge is 2.30. The summed E-state index contributed by atoms with van der Waals surface area (Å²) >= 11 is 2.20. The van der Waals surface area contributed by atoms with E-state index in [1.165, 1.54) is 16.2 Å². The van der Waals surface area contributed by atoms with Crippen LogP contribution >= 0.6 is 30.3 Å². The number of hydrogen-bond acceptors (Lipinski definition) is 7. The Balaban J connectivity index is 1.88. The fourth-order valence-electron chi connectivity index (χ4n) is 4.12. The Morgan fingerprint density at radius 3 is 2.70 bits per heavy atom. The van der Waals surface area contributed by atoms with E-state index >= 15 is 0 Å². The van der Waals surface area contributed by atoms with Crippen molar-refractivity contribution in [1.82, 2.24) is 13.7 Å². The molecule has 0 aliphatic heterocycles. The monoisotopic (exact) mass is 566 g/mol. The summed E-state index contributed by atoms with van der Waals surface area (Å²) in [6.45, 7) is 2.09. The zero-order valence-electron chi connectivity index (χ0n) is 17.3. The van der Waals surface area contributed by atoms with E-state index in [1.54, 1.807) is 13.1 Å². The Hall–Kier alpha value is -1.05. The highest BCUT2D eigenvalue weighted by molar-refractivity contribution is 14.2. The molecule has 0 amide bonds. The molecule has 30 heavy (non-hydrogen) atoms. The number of halogens is 1. The van der Waals surface area contributed by atoms with E-state index in [0.717, 1.165) is 42.4 Å². The molecule has 0 atom stereocenters. The molecular formula is C19H27IN4O4S2. The maximum atomic E-state index is 12.6. The molecule has 0 radical (unpaired) electrons. The lowest BCUT2D eigenvalue weighted by molar-refractivity contribution is 0.0526. The number of ether oxygens (including phenoxy) is 1. The van der Waals surface area contributed by atoms with Crippen molar-refractivity contribution < 1.29 is 17.9 Å². The van der Waals surface area contributed by atoms with Gasteiger partial charge in [-0.05, 0) is 51.6 Å². The second-order valence-corrected chi connectivity index (χ2v) is 11.1. The molecule has 0 aromatic carbocycles. The molecule has 2 aromatic heterocycles. The summed E-state index contributed by atoms with van der Waals surface area (Å²) in [7, 11) is 1.78. The molecule has 0 bridgehead atoms. The second kappa shape index (κ2) is 10.0. The van der Waals surface area contributed by atoms with Gasteiger partial charge in [0.2, 0.25) is 10.0 Å². The van der Waals surface area contributed by atoms with E-state index in [0.29, 0.717) is 12.2 Å². The van der Waals surface area contributed by atoms with Crippen LogP contribution in [-0.4, -0.2) is 55.8 Å². The number of aromatic nitrogens is 2. The lowest BCUT2D eigenvalue weighted by Gasteiger charge is -2.36. The molecule has 2 aromatic rings. The summed E-state index contributed by atoms with van der Waals surface area (Å²) in [6.07, 6.45) is 6.96. The lowest BCUT2D eigenvalue weighted by atomic mass is 9.86. The Bertz CT molecular complexity index is 1000. The summed E-state index contributed by atoms with van der Waals surface area (Å²) in [4.78, 5) is 19.3. The molecule has 1 saturated carbocycles. The normalized spacial score (nSPS) is 19.7. The smallest absolute Gasteiger partial charge is 0.341 e. The van der Waals surface area contributed by atoms with E-state index in [9.17, 15) is 13.2 Å². The van der Waals surface area contributed by atoms with Gasteiger partial charge in [0, 0.05) is 61.2 Å². The Kier molecular flexibility index (Phi) is 7.91. The number of pyridine rings is 1. The van der Waals surface area contributed by atoms with Crippen molar-refractivity contribution in [1.29, 1.82) is 0 Å². The van der Waals surface area contributed by atoms with Crippen LogP contribution in [0.5, 0.6) is 0 Å². The number of hydrogen-bond donors (Lipinski definition) is 1. The van der Waals surface area contributed by atoms with Crippen LogP contribution in [0.25, 0.3) is 11.0 Å². The molecule has 11 heteroatoms. The van der Waals surface area contributed by atoms with E-state index in [4.69, 9.17) is 4.74 Å². The van der Waals surface area contributed by atoms with Gasteiger partial charge < -0.3 is 9.64 Å². The molecular weight excluding hydrogens is 539 g/mol. The number of anilines is 1. The van der Waals surface area contributed by atoms with Gasteiger partial charge in [-0.3, -0.25) is 3.97 Å². The molecule has 0 spiro atoms. The predicted molar refractivity (Wildman–Crippen MR) is 130 cm³/mol. The van der Waals surface area contributed by atoms with Crippen LogP contribution in [0.3, 0.4) is 0 Å². The van der Waals surface area contributed by atoms with Crippen molar-refractivity contribution in [2.24, 2.45) is 5.92 Å². The SMILES string of the molecule is CCOC(=O)c1cnc2c(ccn2SI)c1N(C)[C@H]1CC[C@H](CS(=O)(=O)NC)CC1. The van der Waals surface area contributed by atoms with E-state index in [-0.39, 0.29) is 23.7 Å². The standard InChI is InChI=1S/C19H27IN4O4S2/c1-4-28-19(25)16-11-22-18-15(9-10-24(18)29-20)17(16)23(3)14-7-5-13(6-8-14)12-30(26,27)21-2/h9-11,13-14,21H,4-8,12H2,1-3H3/t13-,14-. The van der Waals surface area contributed by atoms with Gasteiger partial charge in [-0.1, -0.05) is 0 Å². The summed E-state index contributed by atoms with van der Waals surface area (Å²) in [5.41, 5.74) is 2.09. The Morgan fingerprint density at radius 1 is 1.40 bits per heavy atom. The number of nitrogens with zero attached hydrogens (tertiary/aromatic N) is 3. The predicted octanol–water partition coefficient (Wildman–Crippen LogP) is 3.60. The highest BCUT2D eigenvalue weighted by atomic mass is 127. The molecule has 166 valence electrons. The number of carbonyl (C=O) groups is 1. The maximum absolute atomic E-state index is 12.6. The summed E-state index contributed by atoms with van der Waals surface area (Å²) in [6, 6.07) is 2.20. The van der Waals surface area contributed by atoms with Crippen LogP contribution in [0.1, 0.15) is 43.0 Å². The number of fused-ring (bicyclic) bond motifs is 1. The van der Waals surface area contributed by atoms with Crippen molar-refractivity contribution in [3.8, 4) is 0 Å². The van der Waals surface area contributed by atoms with E-state index < -0.39 is 10.0 Å². The zero-order chi connectivity index (χ0) is 21.9. The molecule has 2 heterocycles. The van der Waals surface area contributed by atoms with Gasteiger partial charge in [0.05, 0.1) is 18.0 Å². The van der Waals surface area contributed by atoms with Gasteiger partial charge >= 0.3 is 5.97 Å². The third-order valence-electron chi connectivity index (χ3n) is 5.70. The fourth-order valence-corrected chi connectivity index (χ4v) is 6.51. The van der Waals surface area contributed by atoms with Gasteiger partial charge in [-0.15, -0.1) is 0 Å². The zero-order valence-corrected chi connectivity index (χ0v) is 21.1. The molecule has 1 N–H and O–H groups in total. The van der Waals surface area contributed by atoms with Crippen LogP contribution in [0.4, 0.5) is 5.69 Å². The molecule has 1 aliphatic rings. The Morgan fingerprint density at radius 2 is 2.10 bits per heavy atom. The average Bonchev–Trinajstić information content (AvgIpc) is 3.16. The molecule has 1 aliphatic carbocycles. The first-order valence-electron chi connectivity index (χ1n) is 9.91. The first-order valence-corrected chi connectivity index (χ1v) is 14.9. The fraction of sp³-hybridized carbons (Fsp3) is 0.579. The summed E-state index contributed by atoms with van der Waals surface area (Å²) < 4.78 is 33.4. The van der Waals surface area contributed by atoms with Crippen molar-refractivity contribution in [3.63, 3.8) is 0 Å². The summed E-state index contributed by atoms with van der Waals surface area (Å²) in [5.74, 6) is -0.0495. The second-order valence-electron chi connectivity index (χ2n) is 7.46. The van der Waals surface area contributed by atoms with Gasteiger partial charge in [-0.2, -0.15) is 0 Å². The number of rotatable bonds is 8. The van der Waals surface area contributed by atoms with Gasteiger partial charge in [-0.25, -0.2) is 22.9 Å². The number of carbonyl (C=O) groups excluding carboxylic acids is 1. The lowest BCUT2D eigenvalue weighted by Crippen LogP contribution is -2.38. The van der Waals surface area contributed by atoms with Crippen molar-refractivity contribution in [2.75, 3.05) is 31.4 Å². The first-order chi connectivity index (χ1) is 14.3. The third kappa shape index (κ3) is 5.05. The number of esters is 1. The van der Waals surface area contributed by atoms with Gasteiger partial charge in [0.25, 0.3) is 0 Å². The van der Waals surface area contributed by atoms with Gasteiger partial charge in [0.1, 0.15) is 5.56 Å². The van der Waals surface area contributed by atoms with Gasteiger partial charge in [0.15, 0.2) is 5.65 Å². The number of sulfonamides is 1. The van der Waals surface area contributed by atoms with Crippen molar-refractivity contribution in [2.45, 2.75) is 38.6 Å². The van der Waals surface area contributed by atoms with Crippen LogP contribution in [-0.2, 0) is 14.8 Å². The third-order valence-corrected chi connectivity index (χ3v) is 8.95. The van der Waals surface area contributed by atoms with Crippen LogP contribution in [0.2, 0.25) is 0 Å². The van der Waals surface area contributed by atoms with Crippen molar-refractivity contribution in [3.05, 3.63) is 24.0 Å². The maximum Gasteiger partial charge on any atom is 0.341 e. The minimum Gasteiger partial charge on any atom is -0.462 e. The minimum absolute atomic E-state index is 0.158. The largest absolute Gasteiger partial charge is 0.462 e. The average molecular weight is 566 g/mol. The first kappa shape index (κ1) is 23.6. The molecule has 0 unspecified atom stereocenters. The van der Waals surface area contributed by atoms with Crippen LogP contribution in [0.15, 0.2) is 18.5 Å². The Labute approximate surface area is 193 Å². The highest BCUT2D eigenvalue weighted by Crippen LogP contribution is 2.37. The molecule has 8 nitrogen and oxygen atoms in total. The van der Waals surface area contributed by atoms with E-state index in [2.05, 4.69) is 35.8 Å². The molecule has 1 fully saturated rings. The van der Waals surface area contributed by atoms with Crippen LogP contribution in [0, 0.1) is 5.92 Å². The molecule has 3 rings (SSSR count). The van der Waals surface area contributed by atoms with Crippen LogP contribution < -0.4 is 9.62 Å². The minimum atomic E-state index is -3.20. The van der Waals surface area contributed by atoms with E-state index in [1.807, 2.05) is 23.3 Å². The summed E-state index contributed by atoms with van der Waals surface area (Å²) in [5, 5.41) is 0.909. The van der Waals surface area contributed by atoms with Crippen molar-refractivity contribution >= 4 is 63.0 Å². The quantitative estimate of drug-likeness (QED) is 0.386. The molecule has 0 saturated heterocycles. The topological polar surface area (TPSA) is 93.5 Å². The number of nitrogens with one attached hydrogen (secondary N) is 1.